The van der Waals surface area contributed by atoms with E-state index in [-0.39, 0.29) is 16.7 Å². The van der Waals surface area contributed by atoms with Gasteiger partial charge in [-0.1, -0.05) is 29.8 Å². The Labute approximate surface area is 173 Å². The van der Waals surface area contributed by atoms with Gasteiger partial charge in [0.25, 0.3) is 0 Å². The highest BCUT2D eigenvalue weighted by Crippen LogP contribution is 2.66. The Kier molecular flexibility index (Phi) is 4.45. The number of methoxy groups -OCH3 is 1. The fraction of sp³-hybridized carbons (Fsp3) is 0.500. The predicted molar refractivity (Wildman–Crippen MR) is 116 cm³/mol. The lowest BCUT2D eigenvalue weighted by molar-refractivity contribution is -0.126. The molecule has 2 atom stereocenters. The van der Waals surface area contributed by atoms with Crippen LogP contribution in [-0.4, -0.2) is 13.0 Å². The quantitative estimate of drug-likeness (QED) is 0.694. The van der Waals surface area contributed by atoms with Crippen LogP contribution in [0.15, 0.2) is 48.5 Å². The molecule has 3 heteroatoms. The molecule has 2 aromatic carbocycles. The summed E-state index contributed by atoms with van der Waals surface area (Å²) in [6, 6.07) is 16.9. The third-order valence-corrected chi connectivity index (χ3v) is 7.76. The molecule has 4 aliphatic rings. The van der Waals surface area contributed by atoms with Crippen LogP contribution in [0.25, 0.3) is 0 Å². The van der Waals surface area contributed by atoms with Gasteiger partial charge in [-0.05, 0) is 97.9 Å². The van der Waals surface area contributed by atoms with Crippen LogP contribution in [0.5, 0.6) is 5.75 Å². The number of ether oxygens (including phenoxy) is 1. The fourth-order valence-electron chi connectivity index (χ4n) is 7.12. The number of carbonyl (C=O) groups excluding carboxylic acids is 1. The lowest BCUT2D eigenvalue weighted by atomic mass is 9.42. The molecule has 0 aromatic heterocycles. The van der Waals surface area contributed by atoms with Crippen molar-refractivity contribution < 1.29 is 9.53 Å². The number of amides is 1. The Morgan fingerprint density at radius 3 is 2.28 bits per heavy atom. The van der Waals surface area contributed by atoms with Crippen molar-refractivity contribution in [1.82, 2.24) is 0 Å². The lowest BCUT2D eigenvalue weighted by Crippen LogP contribution is -2.54. The van der Waals surface area contributed by atoms with E-state index in [0.29, 0.717) is 6.42 Å². The van der Waals surface area contributed by atoms with Crippen molar-refractivity contribution >= 4 is 11.6 Å². The molecule has 0 saturated heterocycles. The van der Waals surface area contributed by atoms with Crippen LogP contribution < -0.4 is 10.1 Å². The summed E-state index contributed by atoms with van der Waals surface area (Å²) in [6.45, 7) is 2.16. The smallest absolute Gasteiger partial charge is 0.224 e. The molecule has 0 aliphatic heterocycles. The molecule has 0 unspecified atom stereocenters. The molecule has 0 spiro atoms. The maximum Gasteiger partial charge on any atom is 0.224 e. The van der Waals surface area contributed by atoms with E-state index in [9.17, 15) is 4.79 Å². The lowest BCUT2D eigenvalue weighted by Gasteiger charge is -2.62. The summed E-state index contributed by atoms with van der Waals surface area (Å²) in [5.41, 5.74) is 4.15. The summed E-state index contributed by atoms with van der Waals surface area (Å²) in [7, 11) is 1.66. The van der Waals surface area contributed by atoms with Gasteiger partial charge in [0.05, 0.1) is 7.11 Å². The van der Waals surface area contributed by atoms with E-state index in [0.717, 1.165) is 23.3 Å². The van der Waals surface area contributed by atoms with Gasteiger partial charge in [-0.3, -0.25) is 4.79 Å². The summed E-state index contributed by atoms with van der Waals surface area (Å²) in [6.07, 6.45) is 8.28. The third-order valence-electron chi connectivity index (χ3n) is 7.76. The summed E-state index contributed by atoms with van der Waals surface area (Å²) in [4.78, 5) is 13.0. The average Bonchev–Trinajstić information content (AvgIpc) is 2.67. The molecule has 0 radical (unpaired) electrons. The van der Waals surface area contributed by atoms with E-state index in [2.05, 4.69) is 36.5 Å². The van der Waals surface area contributed by atoms with E-state index in [1.54, 1.807) is 7.11 Å². The number of nitrogens with one attached hydrogen (secondary N) is 1. The summed E-state index contributed by atoms with van der Waals surface area (Å²) < 4.78 is 5.21. The van der Waals surface area contributed by atoms with Crippen LogP contribution >= 0.6 is 0 Å². The van der Waals surface area contributed by atoms with Gasteiger partial charge in [0.2, 0.25) is 5.91 Å². The minimum absolute atomic E-state index is 0.163. The molecule has 4 bridgehead atoms. The van der Waals surface area contributed by atoms with Crippen molar-refractivity contribution in [2.24, 2.45) is 17.3 Å². The van der Waals surface area contributed by atoms with Crippen LogP contribution in [0.1, 0.15) is 56.1 Å². The number of hydrogen-bond donors (Lipinski definition) is 1. The van der Waals surface area contributed by atoms with Gasteiger partial charge < -0.3 is 10.1 Å². The van der Waals surface area contributed by atoms with Crippen molar-refractivity contribution in [3.05, 3.63) is 59.7 Å². The molecule has 0 heterocycles. The molecule has 4 saturated carbocycles. The van der Waals surface area contributed by atoms with E-state index in [4.69, 9.17) is 4.74 Å². The molecular formula is C26H31NO2. The minimum atomic E-state index is 0.163. The second-order valence-electron chi connectivity index (χ2n) is 10.1. The van der Waals surface area contributed by atoms with E-state index in [1.165, 1.54) is 49.7 Å². The molecule has 6 rings (SSSR count). The van der Waals surface area contributed by atoms with Crippen LogP contribution in [0.3, 0.4) is 0 Å². The zero-order valence-corrected chi connectivity index (χ0v) is 17.5. The van der Waals surface area contributed by atoms with Crippen molar-refractivity contribution in [3.63, 3.8) is 0 Å². The standard InChI is InChI=1S/C26H31NO2/c1-18-3-5-21(6-4-18)26-14-19-11-20(15-26)13-25(12-19,17-26)16-24(28)27-22-7-9-23(29-2)10-8-22/h3-10,19-20H,11-17H2,1-2H3,(H,27,28)/t19-,20-,25?,26?/m1/s1. The van der Waals surface area contributed by atoms with Crippen LogP contribution in [-0.2, 0) is 10.2 Å². The number of rotatable bonds is 5. The predicted octanol–water partition coefficient (Wildman–Crippen LogP) is 5.87. The second-order valence-corrected chi connectivity index (χ2v) is 10.1. The SMILES string of the molecule is COc1ccc(NC(=O)CC23C[C@H]4C[C@H](C2)CC(c2ccc(C)cc2)(C4)C3)cc1. The molecule has 29 heavy (non-hydrogen) atoms. The van der Waals surface area contributed by atoms with Crippen molar-refractivity contribution in [3.8, 4) is 5.75 Å². The molecule has 4 fully saturated rings. The van der Waals surface area contributed by atoms with Gasteiger partial charge in [0, 0.05) is 12.1 Å². The number of aryl methyl sites for hydroxylation is 1. The summed E-state index contributed by atoms with van der Waals surface area (Å²) in [5, 5.41) is 3.13. The van der Waals surface area contributed by atoms with Gasteiger partial charge in [-0.2, -0.15) is 0 Å². The van der Waals surface area contributed by atoms with E-state index in [1.807, 2.05) is 24.3 Å². The normalized spacial score (nSPS) is 32.2. The zero-order chi connectivity index (χ0) is 20.1. The van der Waals surface area contributed by atoms with Crippen LogP contribution in [0.2, 0.25) is 0 Å². The number of hydrogen-bond acceptors (Lipinski definition) is 2. The monoisotopic (exact) mass is 389 g/mol. The molecule has 1 amide bonds. The first kappa shape index (κ1) is 18.7. The Hall–Kier alpha value is -2.29. The maximum absolute atomic E-state index is 13.0. The summed E-state index contributed by atoms with van der Waals surface area (Å²) >= 11 is 0. The van der Waals surface area contributed by atoms with Crippen molar-refractivity contribution in [1.29, 1.82) is 0 Å². The molecule has 4 aliphatic carbocycles. The summed E-state index contributed by atoms with van der Waals surface area (Å²) in [5.74, 6) is 2.54. The Morgan fingerprint density at radius 2 is 1.66 bits per heavy atom. The number of anilines is 1. The Bertz CT molecular complexity index is 885. The molecule has 3 nitrogen and oxygen atoms in total. The van der Waals surface area contributed by atoms with Gasteiger partial charge in [0.1, 0.15) is 5.75 Å². The minimum Gasteiger partial charge on any atom is -0.497 e. The fourth-order valence-corrected chi connectivity index (χ4v) is 7.12. The molecular weight excluding hydrogens is 358 g/mol. The third kappa shape index (κ3) is 3.45. The molecule has 152 valence electrons. The van der Waals surface area contributed by atoms with Crippen LogP contribution in [0.4, 0.5) is 5.69 Å². The average molecular weight is 390 g/mol. The number of carbonyl (C=O) groups is 1. The van der Waals surface area contributed by atoms with Gasteiger partial charge in [-0.15, -0.1) is 0 Å². The Balaban J connectivity index is 1.35. The first-order valence-electron chi connectivity index (χ1n) is 11.0. The number of benzene rings is 2. The molecule has 2 aromatic rings. The van der Waals surface area contributed by atoms with E-state index >= 15 is 0 Å². The highest BCUT2D eigenvalue weighted by atomic mass is 16.5. The highest BCUT2D eigenvalue weighted by molar-refractivity contribution is 5.91. The Morgan fingerprint density at radius 1 is 1.00 bits per heavy atom. The topological polar surface area (TPSA) is 38.3 Å². The van der Waals surface area contributed by atoms with E-state index < -0.39 is 0 Å². The maximum atomic E-state index is 13.0. The first-order chi connectivity index (χ1) is 14.0. The second kappa shape index (κ2) is 6.90. The van der Waals surface area contributed by atoms with Crippen LogP contribution in [0, 0.1) is 24.2 Å². The largest absolute Gasteiger partial charge is 0.497 e. The molecule has 1 N–H and O–H groups in total. The first-order valence-corrected chi connectivity index (χ1v) is 11.0. The van der Waals surface area contributed by atoms with Gasteiger partial charge in [0.15, 0.2) is 0 Å². The van der Waals surface area contributed by atoms with Gasteiger partial charge in [-0.25, -0.2) is 0 Å². The van der Waals surface area contributed by atoms with Crippen molar-refractivity contribution in [2.75, 3.05) is 12.4 Å². The van der Waals surface area contributed by atoms with Crippen molar-refractivity contribution in [2.45, 2.75) is 57.3 Å². The van der Waals surface area contributed by atoms with Gasteiger partial charge >= 0.3 is 0 Å². The highest BCUT2D eigenvalue weighted by Gasteiger charge is 2.58. The zero-order valence-electron chi connectivity index (χ0n) is 17.5.